The number of hydrazone groups is 1. The second kappa shape index (κ2) is 8.42. The molecule has 0 radical (unpaired) electrons. The fourth-order valence-corrected chi connectivity index (χ4v) is 1.83. The van der Waals surface area contributed by atoms with Crippen LogP contribution in [0, 0.1) is 0 Å². The van der Waals surface area contributed by atoms with E-state index in [0.717, 1.165) is 16.8 Å². The van der Waals surface area contributed by atoms with E-state index in [1.807, 2.05) is 73.7 Å². The van der Waals surface area contributed by atoms with Crippen molar-refractivity contribution >= 4 is 23.9 Å². The van der Waals surface area contributed by atoms with Gasteiger partial charge in [0, 0.05) is 5.69 Å². The van der Waals surface area contributed by atoms with Crippen LogP contribution < -0.4 is 10.7 Å². The van der Waals surface area contributed by atoms with Gasteiger partial charge in [-0.25, -0.2) is 5.43 Å². The molecule has 0 atom stereocenters. The average Bonchev–Trinajstić information content (AvgIpc) is 2.55. The molecule has 2 rings (SSSR count). The molecule has 0 bridgehead atoms. The Labute approximate surface area is 130 Å². The number of rotatable bonds is 6. The van der Waals surface area contributed by atoms with Gasteiger partial charge in [-0.15, -0.1) is 0 Å². The Bertz CT molecular complexity index is 649. The smallest absolute Gasteiger partial charge is 0.259 e. The molecule has 0 aliphatic carbocycles. The van der Waals surface area contributed by atoms with Crippen molar-refractivity contribution in [2.24, 2.45) is 5.10 Å². The van der Waals surface area contributed by atoms with Crippen LogP contribution in [0.4, 0.5) is 5.69 Å². The molecule has 0 aromatic heterocycles. The molecule has 2 aromatic rings. The molecule has 0 aliphatic rings. The summed E-state index contributed by atoms with van der Waals surface area (Å²) in [6.07, 6.45) is 3.63. The number of amides is 1. The van der Waals surface area contributed by atoms with Crippen molar-refractivity contribution in [1.82, 2.24) is 5.43 Å². The number of carbonyl (C=O) groups excluding carboxylic acids is 1. The van der Waals surface area contributed by atoms with Crippen LogP contribution in [0.5, 0.6) is 0 Å². The lowest BCUT2D eigenvalue weighted by molar-refractivity contribution is -0.119. The first kappa shape index (κ1) is 15.5. The zero-order chi connectivity index (χ0) is 15.6. The van der Waals surface area contributed by atoms with Gasteiger partial charge in [0.2, 0.25) is 0 Å². The summed E-state index contributed by atoms with van der Waals surface area (Å²) in [6, 6.07) is 19.5. The molecule has 112 valence electrons. The standard InChI is InChI=1S/C18H19N3O/c1-15(12-16-8-4-2-5-9-16)13-20-21-18(22)14-19-17-10-6-3-7-11-17/h2-13,19H,14H2,1H3,(H,21,22)/b15-12-,20-13+. The van der Waals surface area contributed by atoms with Gasteiger partial charge in [0.15, 0.2) is 0 Å². The van der Waals surface area contributed by atoms with Crippen LogP contribution in [0.1, 0.15) is 12.5 Å². The van der Waals surface area contributed by atoms with Gasteiger partial charge in [0.1, 0.15) is 0 Å². The molecule has 0 spiro atoms. The molecule has 0 heterocycles. The first-order valence-electron chi connectivity index (χ1n) is 7.08. The van der Waals surface area contributed by atoms with Gasteiger partial charge in [0.25, 0.3) is 5.91 Å². The second-order valence-electron chi connectivity index (χ2n) is 4.81. The first-order valence-corrected chi connectivity index (χ1v) is 7.08. The second-order valence-corrected chi connectivity index (χ2v) is 4.81. The van der Waals surface area contributed by atoms with Crippen LogP contribution in [-0.4, -0.2) is 18.7 Å². The summed E-state index contributed by atoms with van der Waals surface area (Å²) in [5.74, 6) is -0.187. The highest BCUT2D eigenvalue weighted by Gasteiger charge is 1.98. The Hall–Kier alpha value is -2.88. The van der Waals surface area contributed by atoms with E-state index in [9.17, 15) is 4.79 Å². The van der Waals surface area contributed by atoms with Crippen LogP contribution in [0.3, 0.4) is 0 Å². The molecule has 22 heavy (non-hydrogen) atoms. The van der Waals surface area contributed by atoms with Crippen molar-refractivity contribution < 1.29 is 4.79 Å². The molecule has 1 amide bonds. The number of allylic oxidation sites excluding steroid dienone is 1. The minimum Gasteiger partial charge on any atom is -0.376 e. The molecular formula is C18H19N3O. The van der Waals surface area contributed by atoms with Gasteiger partial charge >= 0.3 is 0 Å². The molecular weight excluding hydrogens is 274 g/mol. The third kappa shape index (κ3) is 5.63. The van der Waals surface area contributed by atoms with E-state index in [4.69, 9.17) is 0 Å². The van der Waals surface area contributed by atoms with Gasteiger partial charge < -0.3 is 5.32 Å². The quantitative estimate of drug-likeness (QED) is 0.634. The van der Waals surface area contributed by atoms with Gasteiger partial charge in [-0.05, 0) is 30.2 Å². The third-order valence-electron chi connectivity index (χ3n) is 2.88. The summed E-state index contributed by atoms with van der Waals surface area (Å²) < 4.78 is 0. The fraction of sp³-hybridized carbons (Fsp3) is 0.111. The minimum absolute atomic E-state index is 0.183. The molecule has 0 saturated heterocycles. The SMILES string of the molecule is CC(=C/c1ccccc1)/C=N/NC(=O)CNc1ccccc1. The zero-order valence-electron chi connectivity index (χ0n) is 12.5. The van der Waals surface area contributed by atoms with E-state index in [2.05, 4.69) is 15.8 Å². The Morgan fingerprint density at radius 2 is 1.68 bits per heavy atom. The average molecular weight is 293 g/mol. The number of para-hydroxylation sites is 1. The highest BCUT2D eigenvalue weighted by atomic mass is 16.2. The van der Waals surface area contributed by atoms with E-state index in [1.165, 1.54) is 0 Å². The summed E-state index contributed by atoms with van der Waals surface area (Å²) in [4.78, 5) is 11.6. The zero-order valence-corrected chi connectivity index (χ0v) is 12.5. The molecule has 0 fully saturated rings. The molecule has 0 aliphatic heterocycles. The summed E-state index contributed by atoms with van der Waals surface area (Å²) >= 11 is 0. The normalized spacial score (nSPS) is 11.4. The van der Waals surface area contributed by atoms with Crippen molar-refractivity contribution in [2.45, 2.75) is 6.92 Å². The van der Waals surface area contributed by atoms with Gasteiger partial charge in [-0.2, -0.15) is 5.10 Å². The minimum atomic E-state index is -0.187. The molecule has 0 unspecified atom stereocenters. The number of benzene rings is 2. The van der Waals surface area contributed by atoms with Gasteiger partial charge in [-0.3, -0.25) is 4.79 Å². The topological polar surface area (TPSA) is 53.5 Å². The van der Waals surface area contributed by atoms with Gasteiger partial charge in [-0.1, -0.05) is 54.6 Å². The molecule has 4 nitrogen and oxygen atoms in total. The number of carbonyl (C=O) groups is 1. The molecule has 2 aromatic carbocycles. The number of nitrogens with zero attached hydrogens (tertiary/aromatic N) is 1. The van der Waals surface area contributed by atoms with Gasteiger partial charge in [0.05, 0.1) is 12.8 Å². The lowest BCUT2D eigenvalue weighted by atomic mass is 10.1. The Morgan fingerprint density at radius 3 is 2.36 bits per heavy atom. The van der Waals surface area contributed by atoms with Crippen LogP contribution in [0.25, 0.3) is 6.08 Å². The lowest BCUT2D eigenvalue weighted by Crippen LogP contribution is -2.25. The predicted octanol–water partition coefficient (Wildman–Crippen LogP) is 3.30. The van der Waals surface area contributed by atoms with Crippen LogP contribution >= 0.6 is 0 Å². The van der Waals surface area contributed by atoms with Crippen molar-refractivity contribution in [3.63, 3.8) is 0 Å². The van der Waals surface area contributed by atoms with Crippen molar-refractivity contribution in [1.29, 1.82) is 0 Å². The largest absolute Gasteiger partial charge is 0.376 e. The summed E-state index contributed by atoms with van der Waals surface area (Å²) in [7, 11) is 0. The maximum Gasteiger partial charge on any atom is 0.259 e. The van der Waals surface area contributed by atoms with Crippen molar-refractivity contribution in [3.8, 4) is 0 Å². The molecule has 2 N–H and O–H groups in total. The van der Waals surface area contributed by atoms with E-state index in [0.29, 0.717) is 0 Å². The van der Waals surface area contributed by atoms with Crippen molar-refractivity contribution in [3.05, 3.63) is 71.8 Å². The molecule has 4 heteroatoms. The summed E-state index contributed by atoms with van der Waals surface area (Å²) in [6.45, 7) is 2.12. The number of hydrogen-bond donors (Lipinski definition) is 2. The number of nitrogens with one attached hydrogen (secondary N) is 2. The number of anilines is 1. The van der Waals surface area contributed by atoms with E-state index < -0.39 is 0 Å². The highest BCUT2D eigenvalue weighted by Crippen LogP contribution is 2.04. The van der Waals surface area contributed by atoms with Crippen LogP contribution in [0.2, 0.25) is 0 Å². The maximum atomic E-state index is 11.6. The lowest BCUT2D eigenvalue weighted by Gasteiger charge is -2.04. The van der Waals surface area contributed by atoms with Crippen molar-refractivity contribution in [2.75, 3.05) is 11.9 Å². The van der Waals surface area contributed by atoms with E-state index >= 15 is 0 Å². The number of hydrogen-bond acceptors (Lipinski definition) is 3. The van der Waals surface area contributed by atoms with E-state index in [-0.39, 0.29) is 12.5 Å². The highest BCUT2D eigenvalue weighted by molar-refractivity contribution is 5.87. The third-order valence-corrected chi connectivity index (χ3v) is 2.88. The Morgan fingerprint density at radius 1 is 1.05 bits per heavy atom. The van der Waals surface area contributed by atoms with Crippen LogP contribution in [-0.2, 0) is 4.79 Å². The predicted molar refractivity (Wildman–Crippen MR) is 91.7 cm³/mol. The Balaban J connectivity index is 1.77. The van der Waals surface area contributed by atoms with Crippen LogP contribution in [0.15, 0.2) is 71.3 Å². The Kier molecular flexibility index (Phi) is 5.93. The monoisotopic (exact) mass is 293 g/mol. The summed E-state index contributed by atoms with van der Waals surface area (Å²) in [5, 5.41) is 6.97. The fourth-order valence-electron chi connectivity index (χ4n) is 1.83. The van der Waals surface area contributed by atoms with E-state index in [1.54, 1.807) is 6.21 Å². The maximum absolute atomic E-state index is 11.6. The molecule has 0 saturated carbocycles. The first-order chi connectivity index (χ1) is 10.7. The summed E-state index contributed by atoms with van der Waals surface area (Å²) in [5.41, 5.74) is 5.46.